The maximum Gasteiger partial charge on any atom is 0.251 e. The van der Waals surface area contributed by atoms with Crippen LogP contribution in [0.25, 0.3) is 0 Å². The van der Waals surface area contributed by atoms with Crippen molar-refractivity contribution in [3.05, 3.63) is 71.8 Å². The van der Waals surface area contributed by atoms with Crippen molar-refractivity contribution in [3.8, 4) is 0 Å². The molecule has 0 aromatic heterocycles. The van der Waals surface area contributed by atoms with Gasteiger partial charge in [0, 0.05) is 43.6 Å². The minimum absolute atomic E-state index is 0.183. The molecule has 3 saturated heterocycles. The van der Waals surface area contributed by atoms with Crippen LogP contribution in [0.4, 0.5) is 0 Å². The highest BCUT2D eigenvalue weighted by Gasteiger charge is 2.45. The van der Waals surface area contributed by atoms with Crippen LogP contribution in [0.1, 0.15) is 36.3 Å². The topological polar surface area (TPSA) is 53.6 Å². The average molecular weight is 392 g/mol. The summed E-state index contributed by atoms with van der Waals surface area (Å²) >= 11 is 0. The molecule has 0 aliphatic carbocycles. The number of fused-ring (bicyclic) bond motifs is 1. The van der Waals surface area contributed by atoms with Crippen LogP contribution in [-0.4, -0.2) is 48.7 Å². The molecular weight excluding hydrogens is 362 g/mol. The molecule has 3 aliphatic rings. The Balaban J connectivity index is 1.42. The summed E-state index contributed by atoms with van der Waals surface area (Å²) in [6, 6.07) is 22.0. The molecule has 5 nitrogen and oxygen atoms in total. The van der Waals surface area contributed by atoms with Gasteiger partial charge in [-0.1, -0.05) is 60.7 Å². The van der Waals surface area contributed by atoms with E-state index >= 15 is 0 Å². The summed E-state index contributed by atoms with van der Waals surface area (Å²) < 4.78 is 5.67. The molecule has 5 rings (SSSR count). The molecule has 0 radical (unpaired) electrons. The lowest BCUT2D eigenvalue weighted by Crippen LogP contribution is -2.51. The summed E-state index contributed by atoms with van der Waals surface area (Å²) in [6.45, 7) is 2.30. The number of carbonyl (C=O) groups is 1. The normalized spacial score (nSPS) is 29.2. The summed E-state index contributed by atoms with van der Waals surface area (Å²) in [5.41, 5.74) is 9.76. The molecule has 0 spiro atoms. The Morgan fingerprint density at radius 3 is 2.28 bits per heavy atom. The Hall–Kier alpha value is -2.21. The van der Waals surface area contributed by atoms with E-state index in [9.17, 15) is 4.79 Å². The van der Waals surface area contributed by atoms with Gasteiger partial charge in [-0.3, -0.25) is 15.6 Å². The number of likely N-dealkylation sites (tertiary alicyclic amines) is 1. The Morgan fingerprint density at radius 2 is 1.66 bits per heavy atom. The Kier molecular flexibility index (Phi) is 5.36. The third-order valence-electron chi connectivity index (χ3n) is 6.75. The van der Waals surface area contributed by atoms with Crippen LogP contribution in [0, 0.1) is 5.92 Å². The highest BCUT2D eigenvalue weighted by molar-refractivity contribution is 5.81. The number of hydrogen-bond acceptors (Lipinski definition) is 4. The number of piperidine rings is 1. The van der Waals surface area contributed by atoms with Gasteiger partial charge in [-0.05, 0) is 30.4 Å². The lowest BCUT2D eigenvalue weighted by atomic mass is 9.76. The van der Waals surface area contributed by atoms with E-state index in [-0.39, 0.29) is 24.0 Å². The standard InChI is InChI=1S/C24H29N3O2/c28-24(21-12-7-15-29-21)27-14-13-20-19(16-27)23(26-25-20)22(17-8-3-1-4-9-17)18-10-5-2-6-11-18/h1-6,8-11,19-23,25-26H,7,12-16H2. The fraction of sp³-hybridized carbons (Fsp3) is 0.458. The van der Waals surface area contributed by atoms with Gasteiger partial charge in [0.1, 0.15) is 6.10 Å². The lowest BCUT2D eigenvalue weighted by Gasteiger charge is -2.39. The van der Waals surface area contributed by atoms with E-state index in [1.54, 1.807) is 0 Å². The molecular formula is C24H29N3O2. The van der Waals surface area contributed by atoms with Gasteiger partial charge >= 0.3 is 0 Å². The molecule has 4 unspecified atom stereocenters. The van der Waals surface area contributed by atoms with Crippen LogP contribution in [0.3, 0.4) is 0 Å². The van der Waals surface area contributed by atoms with Gasteiger partial charge < -0.3 is 9.64 Å². The maximum atomic E-state index is 13.0. The number of benzene rings is 2. The van der Waals surface area contributed by atoms with Gasteiger partial charge in [-0.15, -0.1) is 0 Å². The first-order valence-corrected chi connectivity index (χ1v) is 10.8. The fourth-order valence-corrected chi connectivity index (χ4v) is 5.27. The quantitative estimate of drug-likeness (QED) is 0.842. The molecule has 1 amide bonds. The van der Waals surface area contributed by atoms with Crippen molar-refractivity contribution in [1.82, 2.24) is 15.8 Å². The molecule has 4 atom stereocenters. The monoisotopic (exact) mass is 391 g/mol. The SMILES string of the molecule is O=C(C1CCCO1)N1CCC2NNC(C(c3ccccc3)c3ccccc3)C2C1. The highest BCUT2D eigenvalue weighted by atomic mass is 16.5. The number of amides is 1. The van der Waals surface area contributed by atoms with E-state index in [0.29, 0.717) is 18.6 Å². The predicted molar refractivity (Wildman–Crippen MR) is 112 cm³/mol. The molecule has 2 aromatic carbocycles. The number of nitrogens with zero attached hydrogens (tertiary/aromatic N) is 1. The second-order valence-corrected chi connectivity index (χ2v) is 8.46. The van der Waals surface area contributed by atoms with Gasteiger partial charge in [0.05, 0.1) is 0 Å². The Bertz CT molecular complexity index is 783. The first kappa shape index (κ1) is 18.8. The molecule has 5 heteroatoms. The van der Waals surface area contributed by atoms with Crippen LogP contribution < -0.4 is 10.9 Å². The molecule has 3 fully saturated rings. The minimum atomic E-state index is -0.230. The number of carbonyl (C=O) groups excluding carboxylic acids is 1. The highest BCUT2D eigenvalue weighted by Crippen LogP contribution is 2.37. The second-order valence-electron chi connectivity index (χ2n) is 8.46. The van der Waals surface area contributed by atoms with E-state index in [1.807, 2.05) is 4.90 Å². The largest absolute Gasteiger partial charge is 0.368 e. The molecule has 0 saturated carbocycles. The van der Waals surface area contributed by atoms with Crippen molar-refractivity contribution in [1.29, 1.82) is 0 Å². The zero-order chi connectivity index (χ0) is 19.6. The van der Waals surface area contributed by atoms with E-state index in [2.05, 4.69) is 71.5 Å². The van der Waals surface area contributed by atoms with Crippen molar-refractivity contribution in [2.75, 3.05) is 19.7 Å². The molecule has 3 heterocycles. The van der Waals surface area contributed by atoms with Crippen LogP contribution in [-0.2, 0) is 9.53 Å². The number of ether oxygens (including phenoxy) is 1. The van der Waals surface area contributed by atoms with Crippen LogP contribution in [0.5, 0.6) is 0 Å². The van der Waals surface area contributed by atoms with E-state index in [0.717, 1.165) is 32.4 Å². The van der Waals surface area contributed by atoms with Crippen molar-refractivity contribution in [2.45, 2.75) is 43.4 Å². The number of hydrogen-bond donors (Lipinski definition) is 2. The van der Waals surface area contributed by atoms with Crippen molar-refractivity contribution < 1.29 is 9.53 Å². The summed E-state index contributed by atoms with van der Waals surface area (Å²) in [5, 5.41) is 0. The van der Waals surface area contributed by atoms with Crippen LogP contribution in [0.2, 0.25) is 0 Å². The van der Waals surface area contributed by atoms with E-state index in [1.165, 1.54) is 11.1 Å². The molecule has 2 N–H and O–H groups in total. The van der Waals surface area contributed by atoms with E-state index < -0.39 is 0 Å². The average Bonchev–Trinajstić information content (AvgIpc) is 3.45. The zero-order valence-electron chi connectivity index (χ0n) is 16.7. The van der Waals surface area contributed by atoms with Gasteiger partial charge in [-0.25, -0.2) is 0 Å². The third kappa shape index (κ3) is 3.70. The minimum Gasteiger partial charge on any atom is -0.368 e. The predicted octanol–water partition coefficient (Wildman–Crippen LogP) is 2.69. The van der Waals surface area contributed by atoms with Crippen molar-refractivity contribution >= 4 is 5.91 Å². The number of nitrogens with one attached hydrogen (secondary N) is 2. The summed E-state index contributed by atoms with van der Waals surface area (Å²) in [6.07, 6.45) is 2.60. The molecule has 29 heavy (non-hydrogen) atoms. The third-order valence-corrected chi connectivity index (χ3v) is 6.75. The molecule has 2 aromatic rings. The summed E-state index contributed by atoms with van der Waals surface area (Å²) in [4.78, 5) is 15.0. The second kappa shape index (κ2) is 8.27. The van der Waals surface area contributed by atoms with Gasteiger partial charge in [0.2, 0.25) is 0 Å². The first-order chi connectivity index (χ1) is 14.3. The Labute approximate surface area is 172 Å². The first-order valence-electron chi connectivity index (χ1n) is 10.8. The van der Waals surface area contributed by atoms with Crippen LogP contribution >= 0.6 is 0 Å². The number of rotatable bonds is 4. The molecule has 3 aliphatic heterocycles. The van der Waals surface area contributed by atoms with Gasteiger partial charge in [0.25, 0.3) is 5.91 Å². The van der Waals surface area contributed by atoms with Crippen molar-refractivity contribution in [3.63, 3.8) is 0 Å². The lowest BCUT2D eigenvalue weighted by molar-refractivity contribution is -0.143. The molecule has 152 valence electrons. The van der Waals surface area contributed by atoms with E-state index in [4.69, 9.17) is 4.74 Å². The van der Waals surface area contributed by atoms with Gasteiger partial charge in [-0.2, -0.15) is 0 Å². The zero-order valence-corrected chi connectivity index (χ0v) is 16.7. The van der Waals surface area contributed by atoms with Gasteiger partial charge in [0.15, 0.2) is 0 Å². The summed E-state index contributed by atoms with van der Waals surface area (Å²) in [7, 11) is 0. The number of hydrazine groups is 1. The fourth-order valence-electron chi connectivity index (χ4n) is 5.27. The molecule has 0 bridgehead atoms. The maximum absolute atomic E-state index is 13.0. The Morgan fingerprint density at radius 1 is 0.966 bits per heavy atom. The van der Waals surface area contributed by atoms with Crippen LogP contribution in [0.15, 0.2) is 60.7 Å². The van der Waals surface area contributed by atoms with Crippen molar-refractivity contribution in [2.24, 2.45) is 5.92 Å². The summed E-state index contributed by atoms with van der Waals surface area (Å²) in [5.74, 6) is 0.778. The smallest absolute Gasteiger partial charge is 0.251 e.